The van der Waals surface area contributed by atoms with Gasteiger partial charge in [-0.3, -0.25) is 4.79 Å². The van der Waals surface area contributed by atoms with E-state index in [-0.39, 0.29) is 12.5 Å². The van der Waals surface area contributed by atoms with E-state index >= 15 is 0 Å². The van der Waals surface area contributed by atoms with E-state index in [1.807, 2.05) is 6.92 Å². The predicted molar refractivity (Wildman–Crippen MR) is 53.9 cm³/mol. The molecule has 78 valence electrons. The molecule has 0 bridgehead atoms. The van der Waals surface area contributed by atoms with Crippen LogP contribution < -0.4 is 5.32 Å². The summed E-state index contributed by atoms with van der Waals surface area (Å²) in [7, 11) is 0. The minimum atomic E-state index is -0.706. The van der Waals surface area contributed by atoms with Gasteiger partial charge in [0.05, 0.1) is 6.42 Å². The van der Waals surface area contributed by atoms with Crippen molar-refractivity contribution in [2.45, 2.75) is 52.0 Å². The fourth-order valence-corrected chi connectivity index (χ4v) is 1.42. The van der Waals surface area contributed by atoms with Crippen molar-refractivity contribution in [1.29, 1.82) is 0 Å². The summed E-state index contributed by atoms with van der Waals surface area (Å²) in [6, 6.07) is 0.161. The fraction of sp³-hybridized carbons (Fsp3) is 0.900. The highest BCUT2D eigenvalue weighted by atomic mass is 16.4. The van der Waals surface area contributed by atoms with Crippen LogP contribution in [0, 0.1) is 0 Å². The van der Waals surface area contributed by atoms with Gasteiger partial charge in [0.2, 0.25) is 0 Å². The molecule has 3 heteroatoms. The minimum absolute atomic E-state index is 0.161. The first kappa shape index (κ1) is 12.4. The quantitative estimate of drug-likeness (QED) is 0.571. The average molecular weight is 187 g/mol. The second kappa shape index (κ2) is 8.05. The molecule has 0 aliphatic rings. The van der Waals surface area contributed by atoms with Crippen LogP contribution >= 0.6 is 0 Å². The molecule has 0 spiro atoms. The third-order valence-corrected chi connectivity index (χ3v) is 2.07. The van der Waals surface area contributed by atoms with Gasteiger partial charge in [-0.15, -0.1) is 0 Å². The van der Waals surface area contributed by atoms with Crippen molar-refractivity contribution in [3.05, 3.63) is 0 Å². The molecule has 0 heterocycles. The van der Waals surface area contributed by atoms with E-state index in [9.17, 15) is 4.79 Å². The molecule has 2 N–H and O–H groups in total. The van der Waals surface area contributed by atoms with Crippen LogP contribution in [0.1, 0.15) is 46.0 Å². The largest absolute Gasteiger partial charge is 0.481 e. The van der Waals surface area contributed by atoms with Crippen LogP contribution in [0.2, 0.25) is 0 Å². The Balaban J connectivity index is 3.59. The molecule has 0 saturated heterocycles. The van der Waals surface area contributed by atoms with E-state index in [2.05, 4.69) is 12.2 Å². The van der Waals surface area contributed by atoms with E-state index in [1.54, 1.807) is 0 Å². The maximum atomic E-state index is 10.5. The number of carboxylic acids is 1. The SMILES string of the molecule is CCCCCC(CC(=O)O)NCC. The van der Waals surface area contributed by atoms with Gasteiger partial charge in [-0.25, -0.2) is 0 Å². The summed E-state index contributed by atoms with van der Waals surface area (Å²) in [5, 5.41) is 11.8. The second-order valence-corrected chi connectivity index (χ2v) is 3.35. The number of rotatable bonds is 8. The van der Waals surface area contributed by atoms with Gasteiger partial charge in [-0.05, 0) is 13.0 Å². The fourth-order valence-electron chi connectivity index (χ4n) is 1.42. The third kappa shape index (κ3) is 7.78. The molecule has 0 aromatic carbocycles. The molecule has 0 saturated carbocycles. The molecule has 1 unspecified atom stereocenters. The van der Waals surface area contributed by atoms with Crippen LogP contribution in [0.5, 0.6) is 0 Å². The molecule has 0 rings (SSSR count). The van der Waals surface area contributed by atoms with Gasteiger partial charge in [0.1, 0.15) is 0 Å². The van der Waals surface area contributed by atoms with Crippen LogP contribution in [0.15, 0.2) is 0 Å². The molecule has 0 fully saturated rings. The van der Waals surface area contributed by atoms with Crippen molar-refractivity contribution in [2.75, 3.05) is 6.54 Å². The van der Waals surface area contributed by atoms with Gasteiger partial charge in [0.25, 0.3) is 0 Å². The maximum Gasteiger partial charge on any atom is 0.304 e. The van der Waals surface area contributed by atoms with Crippen molar-refractivity contribution < 1.29 is 9.90 Å². The summed E-state index contributed by atoms with van der Waals surface area (Å²) in [5.74, 6) is -0.706. The van der Waals surface area contributed by atoms with Crippen LogP contribution in [0.25, 0.3) is 0 Å². The molecule has 0 aromatic rings. The second-order valence-electron chi connectivity index (χ2n) is 3.35. The highest BCUT2D eigenvalue weighted by Crippen LogP contribution is 2.06. The first-order valence-electron chi connectivity index (χ1n) is 5.15. The standard InChI is InChI=1S/C10H21NO2/c1-3-5-6-7-9(11-4-2)8-10(12)13/h9,11H,3-8H2,1-2H3,(H,12,13). The molecular formula is C10H21NO2. The van der Waals surface area contributed by atoms with Gasteiger partial charge in [-0.1, -0.05) is 33.1 Å². The van der Waals surface area contributed by atoms with E-state index in [0.717, 1.165) is 19.4 Å². The summed E-state index contributed by atoms with van der Waals surface area (Å²) in [4.78, 5) is 10.5. The van der Waals surface area contributed by atoms with E-state index in [4.69, 9.17) is 5.11 Å². The Morgan fingerprint density at radius 1 is 1.38 bits per heavy atom. The zero-order chi connectivity index (χ0) is 10.1. The highest BCUT2D eigenvalue weighted by Gasteiger charge is 2.10. The van der Waals surface area contributed by atoms with Crippen LogP contribution in [-0.4, -0.2) is 23.7 Å². The predicted octanol–water partition coefficient (Wildman–Crippen LogP) is 2.02. The number of carboxylic acid groups (broad SMARTS) is 1. The number of unbranched alkanes of at least 4 members (excludes halogenated alkanes) is 2. The van der Waals surface area contributed by atoms with Gasteiger partial charge < -0.3 is 10.4 Å². The molecule has 13 heavy (non-hydrogen) atoms. The summed E-state index contributed by atoms with van der Waals surface area (Å²) in [6.45, 7) is 5.01. The molecule has 0 aliphatic heterocycles. The molecule has 0 radical (unpaired) electrons. The summed E-state index contributed by atoms with van der Waals surface area (Å²) in [6.07, 6.45) is 4.74. The van der Waals surface area contributed by atoms with E-state index in [1.165, 1.54) is 12.8 Å². The normalized spacial score (nSPS) is 12.8. The highest BCUT2D eigenvalue weighted by molar-refractivity contribution is 5.67. The zero-order valence-electron chi connectivity index (χ0n) is 8.68. The molecular weight excluding hydrogens is 166 g/mol. The Kier molecular flexibility index (Phi) is 7.69. The Labute approximate surface area is 80.5 Å². The van der Waals surface area contributed by atoms with Crippen molar-refractivity contribution in [1.82, 2.24) is 5.32 Å². The van der Waals surface area contributed by atoms with Crippen molar-refractivity contribution in [3.63, 3.8) is 0 Å². The Morgan fingerprint density at radius 3 is 2.54 bits per heavy atom. The minimum Gasteiger partial charge on any atom is -0.481 e. The number of hydrogen-bond donors (Lipinski definition) is 2. The number of carbonyl (C=O) groups is 1. The number of hydrogen-bond acceptors (Lipinski definition) is 2. The summed E-state index contributed by atoms with van der Waals surface area (Å²) in [5.41, 5.74) is 0. The van der Waals surface area contributed by atoms with E-state index < -0.39 is 5.97 Å². The van der Waals surface area contributed by atoms with Crippen LogP contribution in [0.3, 0.4) is 0 Å². The lowest BCUT2D eigenvalue weighted by molar-refractivity contribution is -0.137. The van der Waals surface area contributed by atoms with Gasteiger partial charge in [0.15, 0.2) is 0 Å². The van der Waals surface area contributed by atoms with Gasteiger partial charge >= 0.3 is 5.97 Å². The number of nitrogens with one attached hydrogen (secondary N) is 1. The summed E-state index contributed by atoms with van der Waals surface area (Å²) >= 11 is 0. The van der Waals surface area contributed by atoms with Crippen molar-refractivity contribution >= 4 is 5.97 Å². The van der Waals surface area contributed by atoms with Crippen LogP contribution in [0.4, 0.5) is 0 Å². The molecule has 1 atom stereocenters. The van der Waals surface area contributed by atoms with E-state index in [0.29, 0.717) is 0 Å². The molecule has 0 aliphatic carbocycles. The lowest BCUT2D eigenvalue weighted by Crippen LogP contribution is -2.31. The molecule has 0 aromatic heterocycles. The van der Waals surface area contributed by atoms with Gasteiger partial charge in [0, 0.05) is 6.04 Å². The lowest BCUT2D eigenvalue weighted by Gasteiger charge is -2.14. The lowest BCUT2D eigenvalue weighted by atomic mass is 10.1. The van der Waals surface area contributed by atoms with Crippen LogP contribution in [-0.2, 0) is 4.79 Å². The number of aliphatic carboxylic acids is 1. The summed E-state index contributed by atoms with van der Waals surface area (Å²) < 4.78 is 0. The zero-order valence-corrected chi connectivity index (χ0v) is 8.68. The van der Waals surface area contributed by atoms with Crippen molar-refractivity contribution in [3.8, 4) is 0 Å². The Bertz CT molecular complexity index is 137. The van der Waals surface area contributed by atoms with Crippen molar-refractivity contribution in [2.24, 2.45) is 0 Å². The monoisotopic (exact) mass is 187 g/mol. The average Bonchev–Trinajstić information content (AvgIpc) is 2.04. The molecule has 3 nitrogen and oxygen atoms in total. The maximum absolute atomic E-state index is 10.5. The first-order valence-corrected chi connectivity index (χ1v) is 5.15. The topological polar surface area (TPSA) is 49.3 Å². The third-order valence-electron chi connectivity index (χ3n) is 2.07. The molecule has 0 amide bonds. The Morgan fingerprint density at radius 2 is 2.08 bits per heavy atom. The smallest absolute Gasteiger partial charge is 0.304 e. The Hall–Kier alpha value is -0.570. The first-order chi connectivity index (χ1) is 6.20. The van der Waals surface area contributed by atoms with Gasteiger partial charge in [-0.2, -0.15) is 0 Å².